The third kappa shape index (κ3) is 13.8. The lowest BCUT2D eigenvalue weighted by Gasteiger charge is -2.28. The van der Waals surface area contributed by atoms with Gasteiger partial charge in [-0.05, 0) is 58.5 Å². The van der Waals surface area contributed by atoms with Crippen LogP contribution in [0.4, 0.5) is 4.39 Å². The molecule has 1 atom stereocenters. The Kier molecular flexibility index (Phi) is 19.1. The minimum absolute atomic E-state index is 0.0364. The number of nitrogens with one attached hydrogen (secondary N) is 1. The Morgan fingerprint density at radius 3 is 2.45 bits per heavy atom. The second-order valence-corrected chi connectivity index (χ2v) is 7.32. The molecule has 0 bridgehead atoms. The Balaban J connectivity index is 0. The molecule has 190 valence electrons. The molecule has 1 amide bonds. The van der Waals surface area contributed by atoms with Crippen molar-refractivity contribution in [1.29, 1.82) is 0 Å². The molecule has 0 aliphatic rings. The highest BCUT2D eigenvalue weighted by molar-refractivity contribution is 5.75. The highest BCUT2D eigenvalue weighted by Gasteiger charge is 2.14. The number of methoxy groups -OCH3 is 1. The van der Waals surface area contributed by atoms with E-state index in [9.17, 15) is 9.18 Å². The highest BCUT2D eigenvalue weighted by atomic mass is 19.1. The van der Waals surface area contributed by atoms with Crippen LogP contribution in [0.1, 0.15) is 59.2 Å². The number of carbonyl (C=O) groups excluding carboxylic acids is 1. The number of nitrogens with two attached hydrogens (primary N) is 1. The van der Waals surface area contributed by atoms with Gasteiger partial charge in [-0.3, -0.25) is 14.7 Å². The largest absolute Gasteiger partial charge is 0.497 e. The zero-order valence-corrected chi connectivity index (χ0v) is 22.2. The van der Waals surface area contributed by atoms with Crippen molar-refractivity contribution in [3.8, 4) is 0 Å². The molecule has 3 N–H and O–H groups in total. The summed E-state index contributed by atoms with van der Waals surface area (Å²) >= 11 is 0. The zero-order chi connectivity index (χ0) is 26.0. The van der Waals surface area contributed by atoms with Crippen molar-refractivity contribution in [2.75, 3.05) is 34.4 Å². The van der Waals surface area contributed by atoms with Crippen molar-refractivity contribution in [3.05, 3.63) is 53.4 Å². The fourth-order valence-electron chi connectivity index (χ4n) is 2.81. The van der Waals surface area contributed by atoms with Crippen molar-refractivity contribution in [2.45, 2.75) is 67.0 Å². The van der Waals surface area contributed by atoms with Gasteiger partial charge in [-0.2, -0.15) is 0 Å². The number of aromatic nitrogens is 1. The monoisotopic (exact) mass is 467 g/mol. The van der Waals surface area contributed by atoms with E-state index in [-0.39, 0.29) is 17.8 Å². The van der Waals surface area contributed by atoms with Crippen LogP contribution >= 0.6 is 0 Å². The van der Waals surface area contributed by atoms with Gasteiger partial charge in [0.05, 0.1) is 19.5 Å². The van der Waals surface area contributed by atoms with Crippen LogP contribution < -0.4 is 11.1 Å². The summed E-state index contributed by atoms with van der Waals surface area (Å²) in [6.45, 7) is 17.0. The van der Waals surface area contributed by atoms with E-state index in [1.54, 1.807) is 37.3 Å². The summed E-state index contributed by atoms with van der Waals surface area (Å²) in [4.78, 5) is 19.9. The van der Waals surface area contributed by atoms with Crippen molar-refractivity contribution in [1.82, 2.24) is 20.1 Å². The highest BCUT2D eigenvalue weighted by Crippen LogP contribution is 2.10. The van der Waals surface area contributed by atoms with Gasteiger partial charge in [0, 0.05) is 37.9 Å². The van der Waals surface area contributed by atoms with Gasteiger partial charge in [0.1, 0.15) is 11.6 Å². The van der Waals surface area contributed by atoms with Crippen LogP contribution in [0.25, 0.3) is 0 Å². The lowest BCUT2D eigenvalue weighted by Crippen LogP contribution is -2.39. The van der Waals surface area contributed by atoms with Gasteiger partial charge in [-0.15, -0.1) is 0 Å². The minimum atomic E-state index is -0.247. The van der Waals surface area contributed by atoms with Crippen molar-refractivity contribution in [2.24, 2.45) is 5.73 Å². The van der Waals surface area contributed by atoms with Crippen LogP contribution in [0.15, 0.2) is 36.4 Å². The number of rotatable bonds is 12. The zero-order valence-electron chi connectivity index (χ0n) is 22.2. The summed E-state index contributed by atoms with van der Waals surface area (Å²) in [5, 5.41) is 3.40. The van der Waals surface area contributed by atoms with Crippen LogP contribution in [0.2, 0.25) is 0 Å². The van der Waals surface area contributed by atoms with E-state index in [0.29, 0.717) is 31.1 Å². The topological polar surface area (TPSA) is 83.7 Å². The Hall–Kier alpha value is -2.29. The molecule has 0 fully saturated rings. The van der Waals surface area contributed by atoms with Gasteiger partial charge in [-0.25, -0.2) is 4.39 Å². The number of aryl methyl sites for hydroxylation is 1. The number of nitrogens with zero attached hydrogens (tertiary/aromatic N) is 3. The van der Waals surface area contributed by atoms with Crippen molar-refractivity contribution in [3.63, 3.8) is 0 Å². The summed E-state index contributed by atoms with van der Waals surface area (Å²) in [5.74, 6) is 0.223. The molecule has 8 heteroatoms. The van der Waals surface area contributed by atoms with E-state index in [1.807, 2.05) is 34.7 Å². The van der Waals surface area contributed by atoms with Crippen LogP contribution in [0.5, 0.6) is 0 Å². The first kappa shape index (κ1) is 32.9. The van der Waals surface area contributed by atoms with Gasteiger partial charge in [0.25, 0.3) is 0 Å². The van der Waals surface area contributed by atoms with E-state index in [4.69, 9.17) is 4.74 Å². The lowest BCUT2D eigenvalue weighted by atomic mass is 10.2. The maximum absolute atomic E-state index is 13.8. The smallest absolute Gasteiger partial charge is 0.224 e. The standard InChI is InChI=1S/C22H35FN4O2.C2H6.CH5N/c1-8-22-21(23)12-20(14-25-22)13-24-16(2)9-10-26(6)15-27(19(5)28)17(3)11-18(4)29-7;2*1-2/h11-12,14,16,24H,4,8-10,13,15H2,1-3,5-7H3;1-2H3;2H2,1H3/b17-11+;;. The second kappa shape index (κ2) is 19.2. The van der Waals surface area contributed by atoms with Crippen LogP contribution in [-0.4, -0.2) is 61.2 Å². The molecule has 33 heavy (non-hydrogen) atoms. The van der Waals surface area contributed by atoms with E-state index in [2.05, 4.69) is 34.4 Å². The van der Waals surface area contributed by atoms with Gasteiger partial charge in [0.2, 0.25) is 5.91 Å². The molecule has 1 heterocycles. The number of ether oxygens (including phenoxy) is 1. The Morgan fingerprint density at radius 2 is 1.97 bits per heavy atom. The maximum atomic E-state index is 13.8. The predicted molar refractivity (Wildman–Crippen MR) is 136 cm³/mol. The lowest BCUT2D eigenvalue weighted by molar-refractivity contribution is -0.128. The summed E-state index contributed by atoms with van der Waals surface area (Å²) in [7, 11) is 5.02. The van der Waals surface area contributed by atoms with Crippen LogP contribution in [-0.2, 0) is 22.5 Å². The minimum Gasteiger partial charge on any atom is -0.497 e. The number of hydrogen-bond donors (Lipinski definition) is 2. The Morgan fingerprint density at radius 1 is 1.36 bits per heavy atom. The second-order valence-electron chi connectivity index (χ2n) is 7.32. The number of halogens is 1. The van der Waals surface area contributed by atoms with E-state index in [1.165, 1.54) is 7.05 Å². The number of amides is 1. The van der Waals surface area contributed by atoms with Crippen LogP contribution in [0, 0.1) is 5.82 Å². The molecule has 1 unspecified atom stereocenters. The van der Waals surface area contributed by atoms with E-state index < -0.39 is 0 Å². The third-order valence-electron chi connectivity index (χ3n) is 4.73. The molecular weight excluding hydrogens is 421 g/mol. The first-order valence-electron chi connectivity index (χ1n) is 11.5. The molecule has 1 aromatic rings. The molecule has 7 nitrogen and oxygen atoms in total. The molecule has 0 aromatic carbocycles. The molecule has 1 aromatic heterocycles. The Bertz CT molecular complexity index is 725. The molecule has 1 rings (SSSR count). The first-order valence-corrected chi connectivity index (χ1v) is 11.5. The number of hydrogen-bond acceptors (Lipinski definition) is 6. The quantitative estimate of drug-likeness (QED) is 0.274. The van der Waals surface area contributed by atoms with Gasteiger partial charge in [0.15, 0.2) is 0 Å². The fraction of sp³-hybridized carbons (Fsp3) is 0.600. The average Bonchev–Trinajstić information content (AvgIpc) is 2.82. The molecule has 0 saturated heterocycles. The van der Waals surface area contributed by atoms with Crippen molar-refractivity contribution < 1.29 is 13.9 Å². The molecule has 0 aliphatic carbocycles. The SMILES string of the molecule is C=C(/C=C(\C)N(CN(C)CCC(C)NCc1cnc(CC)c(F)c1)C(C)=O)OC.CC.CN. The van der Waals surface area contributed by atoms with Gasteiger partial charge in [-0.1, -0.05) is 27.4 Å². The van der Waals surface area contributed by atoms with E-state index >= 15 is 0 Å². The fourth-order valence-corrected chi connectivity index (χ4v) is 2.81. The van der Waals surface area contributed by atoms with Crippen molar-refractivity contribution >= 4 is 5.91 Å². The molecule has 0 radical (unpaired) electrons. The van der Waals surface area contributed by atoms with Gasteiger partial charge >= 0.3 is 0 Å². The summed E-state index contributed by atoms with van der Waals surface area (Å²) in [5.41, 5.74) is 6.62. The number of allylic oxidation sites excluding steroid dienone is 2. The van der Waals surface area contributed by atoms with Crippen LogP contribution in [0.3, 0.4) is 0 Å². The Labute approximate surface area is 200 Å². The summed E-state index contributed by atoms with van der Waals surface area (Å²) in [6.07, 6.45) is 4.95. The third-order valence-corrected chi connectivity index (χ3v) is 4.73. The molecule has 0 saturated carbocycles. The summed E-state index contributed by atoms with van der Waals surface area (Å²) in [6, 6.07) is 1.79. The molecule has 0 aliphatic heterocycles. The summed E-state index contributed by atoms with van der Waals surface area (Å²) < 4.78 is 18.9. The number of carbonyl (C=O) groups is 1. The maximum Gasteiger partial charge on any atom is 0.224 e. The predicted octanol–water partition coefficient (Wildman–Crippen LogP) is 4.05. The average molecular weight is 468 g/mol. The molecular formula is C25H46FN5O2. The first-order chi connectivity index (χ1) is 15.7. The normalized spacial score (nSPS) is 11.6. The van der Waals surface area contributed by atoms with E-state index in [0.717, 1.165) is 24.2 Å². The van der Waals surface area contributed by atoms with Gasteiger partial charge < -0.3 is 20.7 Å². The molecule has 0 spiro atoms. The number of pyridine rings is 1.